The molecular formula is C34H27F2NO5. The summed E-state index contributed by atoms with van der Waals surface area (Å²) in [5.74, 6) is -2.05. The van der Waals surface area contributed by atoms with Gasteiger partial charge in [-0.05, 0) is 83.8 Å². The summed E-state index contributed by atoms with van der Waals surface area (Å²) in [5.41, 5.74) is 3.07. The molecule has 1 aliphatic heterocycles. The van der Waals surface area contributed by atoms with Crippen LogP contribution in [0.5, 0.6) is 5.75 Å². The van der Waals surface area contributed by atoms with E-state index in [9.17, 15) is 23.2 Å². The molecule has 2 atom stereocenters. The van der Waals surface area contributed by atoms with Gasteiger partial charge in [-0.3, -0.25) is 9.59 Å². The Balaban J connectivity index is 1.41. The number of esters is 2. The molecule has 0 aromatic heterocycles. The van der Waals surface area contributed by atoms with Gasteiger partial charge in [0.25, 0.3) is 0 Å². The van der Waals surface area contributed by atoms with Crippen molar-refractivity contribution in [3.8, 4) is 5.75 Å². The van der Waals surface area contributed by atoms with E-state index in [2.05, 4.69) is 0 Å². The van der Waals surface area contributed by atoms with Gasteiger partial charge in [-0.15, -0.1) is 0 Å². The summed E-state index contributed by atoms with van der Waals surface area (Å²) in [6.07, 6.45) is 2.13. The molecule has 0 N–H and O–H groups in total. The molecule has 0 radical (unpaired) electrons. The Labute approximate surface area is 241 Å². The van der Waals surface area contributed by atoms with Crippen LogP contribution in [0, 0.1) is 17.6 Å². The van der Waals surface area contributed by atoms with E-state index < -0.39 is 35.5 Å². The highest BCUT2D eigenvalue weighted by atomic mass is 19.1. The van der Waals surface area contributed by atoms with Crippen molar-refractivity contribution in [3.05, 3.63) is 138 Å². The van der Waals surface area contributed by atoms with Gasteiger partial charge in [0.05, 0.1) is 17.5 Å². The number of amides is 1. The second-order valence-electron chi connectivity index (χ2n) is 9.81. The third-order valence-electron chi connectivity index (χ3n) is 7.02. The lowest BCUT2D eigenvalue weighted by Gasteiger charge is -2.47. The topological polar surface area (TPSA) is 72.9 Å². The predicted octanol–water partition coefficient (Wildman–Crippen LogP) is 6.92. The molecule has 5 rings (SSSR count). The van der Waals surface area contributed by atoms with E-state index in [-0.39, 0.29) is 12.5 Å². The molecule has 1 heterocycles. The number of carbonyl (C=O) groups excluding carboxylic acids is 3. The Morgan fingerprint density at radius 3 is 2.05 bits per heavy atom. The quantitative estimate of drug-likeness (QED) is 0.125. The summed E-state index contributed by atoms with van der Waals surface area (Å²) in [6, 6.07) is 26.6. The fraction of sp³-hybridized carbons (Fsp3) is 0.147. The standard InChI is InChI=1S/C34H27F2NO5/c1-22(38)41-21-26(23-7-12-27(35)13-8-23)11-20-31-32(37(33(31)39)29-16-14-28(36)15-17-29)24-9-18-30(19-10-24)42-34(40)25-5-3-2-4-6-25/h2-19,31-32H,20-21H2,1H3/b26-11+/t31-,32-/m1/s1. The number of hydrogen-bond donors (Lipinski definition) is 0. The maximum Gasteiger partial charge on any atom is 0.343 e. The number of β-lactam (4-membered cyclic amide) rings is 1. The number of rotatable bonds is 9. The highest BCUT2D eigenvalue weighted by molar-refractivity contribution is 6.03. The zero-order chi connectivity index (χ0) is 29.6. The molecule has 1 amide bonds. The van der Waals surface area contributed by atoms with Crippen molar-refractivity contribution in [2.75, 3.05) is 11.5 Å². The molecule has 0 spiro atoms. The highest BCUT2D eigenvalue weighted by Crippen LogP contribution is 2.46. The van der Waals surface area contributed by atoms with Gasteiger partial charge in [-0.25, -0.2) is 13.6 Å². The van der Waals surface area contributed by atoms with Crippen molar-refractivity contribution < 1.29 is 32.6 Å². The lowest BCUT2D eigenvalue weighted by Crippen LogP contribution is -2.55. The van der Waals surface area contributed by atoms with E-state index in [0.717, 1.165) is 5.56 Å². The molecule has 8 heteroatoms. The molecule has 0 unspecified atom stereocenters. The smallest absolute Gasteiger partial charge is 0.343 e. The highest BCUT2D eigenvalue weighted by Gasteiger charge is 2.48. The Kier molecular flexibility index (Phi) is 8.52. The van der Waals surface area contributed by atoms with E-state index in [1.165, 1.54) is 31.2 Å². The average molecular weight is 568 g/mol. The van der Waals surface area contributed by atoms with Gasteiger partial charge in [-0.2, -0.15) is 0 Å². The fourth-order valence-corrected chi connectivity index (χ4v) is 4.90. The van der Waals surface area contributed by atoms with Crippen LogP contribution in [0.3, 0.4) is 0 Å². The first-order chi connectivity index (χ1) is 20.3. The zero-order valence-electron chi connectivity index (χ0n) is 22.7. The minimum Gasteiger partial charge on any atom is -0.461 e. The third-order valence-corrected chi connectivity index (χ3v) is 7.02. The molecule has 42 heavy (non-hydrogen) atoms. The first-order valence-electron chi connectivity index (χ1n) is 13.3. The number of ether oxygens (including phenoxy) is 2. The molecule has 6 nitrogen and oxygen atoms in total. The molecule has 4 aromatic carbocycles. The van der Waals surface area contributed by atoms with Crippen LogP contribution in [0.25, 0.3) is 5.57 Å². The monoisotopic (exact) mass is 567 g/mol. The van der Waals surface area contributed by atoms with Gasteiger partial charge in [0, 0.05) is 12.6 Å². The fourth-order valence-electron chi connectivity index (χ4n) is 4.90. The lowest BCUT2D eigenvalue weighted by molar-refractivity contribution is -0.139. The Morgan fingerprint density at radius 1 is 0.810 bits per heavy atom. The zero-order valence-corrected chi connectivity index (χ0v) is 22.7. The number of nitrogens with zero attached hydrogens (tertiary/aromatic N) is 1. The van der Waals surface area contributed by atoms with Gasteiger partial charge in [-0.1, -0.05) is 48.5 Å². The number of halogens is 2. The summed E-state index contributed by atoms with van der Waals surface area (Å²) < 4.78 is 37.9. The molecule has 212 valence electrons. The first kappa shape index (κ1) is 28.4. The molecule has 0 saturated carbocycles. The third kappa shape index (κ3) is 6.44. The van der Waals surface area contributed by atoms with Gasteiger partial charge < -0.3 is 14.4 Å². The summed E-state index contributed by atoms with van der Waals surface area (Å²) in [5, 5.41) is 0. The summed E-state index contributed by atoms with van der Waals surface area (Å²) >= 11 is 0. The molecule has 0 bridgehead atoms. The molecular weight excluding hydrogens is 540 g/mol. The van der Waals surface area contributed by atoms with E-state index in [0.29, 0.717) is 34.6 Å². The van der Waals surface area contributed by atoms with Crippen molar-refractivity contribution >= 4 is 29.1 Å². The maximum absolute atomic E-state index is 13.7. The normalized spacial score (nSPS) is 16.5. The number of allylic oxidation sites excluding steroid dienone is 1. The minimum atomic E-state index is -0.487. The Hall–Kier alpha value is -5.11. The number of hydrogen-bond acceptors (Lipinski definition) is 5. The molecule has 4 aromatic rings. The van der Waals surface area contributed by atoms with Gasteiger partial charge in [0.1, 0.15) is 24.0 Å². The number of carbonyl (C=O) groups is 3. The van der Waals surface area contributed by atoms with Gasteiger partial charge >= 0.3 is 11.9 Å². The SMILES string of the molecule is CC(=O)OC/C(=C\C[C@H]1C(=O)N(c2ccc(F)cc2)[C@@H]1c1ccc(OC(=O)c2ccccc2)cc1)c1ccc(F)cc1. The van der Waals surface area contributed by atoms with E-state index >= 15 is 0 Å². The van der Waals surface area contributed by atoms with Crippen LogP contribution in [-0.4, -0.2) is 24.5 Å². The molecule has 1 aliphatic rings. The van der Waals surface area contributed by atoms with Crippen LogP contribution >= 0.6 is 0 Å². The Morgan fingerprint density at radius 2 is 1.43 bits per heavy atom. The first-order valence-corrected chi connectivity index (χ1v) is 13.3. The minimum absolute atomic E-state index is 0.0320. The van der Waals surface area contributed by atoms with Crippen LogP contribution in [0.2, 0.25) is 0 Å². The molecule has 1 fully saturated rings. The number of benzene rings is 4. The van der Waals surface area contributed by atoms with E-state index in [1.54, 1.807) is 77.7 Å². The average Bonchev–Trinajstić information content (AvgIpc) is 3.00. The van der Waals surface area contributed by atoms with Crippen molar-refractivity contribution in [1.29, 1.82) is 0 Å². The van der Waals surface area contributed by atoms with Crippen molar-refractivity contribution in [2.45, 2.75) is 19.4 Å². The van der Waals surface area contributed by atoms with Crippen LogP contribution in [0.15, 0.2) is 109 Å². The van der Waals surface area contributed by atoms with Crippen LogP contribution < -0.4 is 9.64 Å². The van der Waals surface area contributed by atoms with Crippen molar-refractivity contribution in [3.63, 3.8) is 0 Å². The molecule has 1 saturated heterocycles. The largest absolute Gasteiger partial charge is 0.461 e. The number of anilines is 1. The lowest BCUT2D eigenvalue weighted by atomic mass is 9.79. The maximum atomic E-state index is 13.7. The van der Waals surface area contributed by atoms with Crippen LogP contribution in [0.1, 0.15) is 40.9 Å². The van der Waals surface area contributed by atoms with E-state index in [1.807, 2.05) is 12.1 Å². The summed E-state index contributed by atoms with van der Waals surface area (Å²) in [6.45, 7) is 1.27. The second kappa shape index (κ2) is 12.6. The van der Waals surface area contributed by atoms with Crippen molar-refractivity contribution in [2.24, 2.45) is 5.92 Å². The summed E-state index contributed by atoms with van der Waals surface area (Å²) in [7, 11) is 0. The van der Waals surface area contributed by atoms with Gasteiger partial charge in [0.2, 0.25) is 5.91 Å². The predicted molar refractivity (Wildman–Crippen MR) is 154 cm³/mol. The van der Waals surface area contributed by atoms with E-state index in [4.69, 9.17) is 9.47 Å². The van der Waals surface area contributed by atoms with Crippen LogP contribution in [0.4, 0.5) is 14.5 Å². The van der Waals surface area contributed by atoms with Crippen molar-refractivity contribution in [1.82, 2.24) is 0 Å². The second-order valence-corrected chi connectivity index (χ2v) is 9.81. The Bertz CT molecular complexity index is 1600. The molecule has 0 aliphatic carbocycles. The van der Waals surface area contributed by atoms with Gasteiger partial charge in [0.15, 0.2) is 0 Å². The van der Waals surface area contributed by atoms with Crippen LogP contribution in [-0.2, 0) is 14.3 Å². The summed E-state index contributed by atoms with van der Waals surface area (Å²) in [4.78, 5) is 39.0.